The number of ether oxygens (including phenoxy) is 2. The van der Waals surface area contributed by atoms with E-state index in [2.05, 4.69) is 79.9 Å². The molecule has 7 atom stereocenters. The Labute approximate surface area is 506 Å². The molecule has 1 saturated heterocycles. The van der Waals surface area contributed by atoms with Gasteiger partial charge >= 0.3 is 0 Å². The number of nitrogens with one attached hydrogen (secondary N) is 1. The van der Waals surface area contributed by atoms with Crippen molar-refractivity contribution in [3.63, 3.8) is 0 Å². The molecule has 0 radical (unpaired) electrons. The first-order valence-electron chi connectivity index (χ1n) is 35.2. The third kappa shape index (κ3) is 49.8. The van der Waals surface area contributed by atoms with Gasteiger partial charge in [-0.1, -0.05) is 324 Å². The molecule has 1 rings (SSSR count). The Bertz CT molecular complexity index is 1520. The largest absolute Gasteiger partial charge is 0.394 e. The van der Waals surface area contributed by atoms with Crippen LogP contribution in [0.5, 0.6) is 0 Å². The second-order valence-electron chi connectivity index (χ2n) is 24.3. The molecule has 1 amide bonds. The highest BCUT2D eigenvalue weighted by atomic mass is 16.7. The summed E-state index contributed by atoms with van der Waals surface area (Å²) in [7, 11) is 0. The van der Waals surface area contributed by atoms with Crippen molar-refractivity contribution in [1.29, 1.82) is 0 Å². The van der Waals surface area contributed by atoms with E-state index >= 15 is 0 Å². The number of hydrogen-bond acceptors (Lipinski definition) is 8. The molecule has 6 N–H and O–H groups in total. The minimum atomic E-state index is -1.58. The Hall–Kier alpha value is -2.37. The number of aliphatic hydroxyl groups excluding tert-OH is 5. The van der Waals surface area contributed by atoms with Crippen LogP contribution in [0.25, 0.3) is 0 Å². The van der Waals surface area contributed by atoms with Crippen molar-refractivity contribution >= 4 is 5.91 Å². The monoisotopic (exact) mass is 1150 g/mol. The fourth-order valence-corrected chi connectivity index (χ4v) is 11.1. The van der Waals surface area contributed by atoms with Crippen molar-refractivity contribution in [2.45, 2.75) is 371 Å². The first-order chi connectivity index (χ1) is 40.3. The lowest BCUT2D eigenvalue weighted by molar-refractivity contribution is -0.302. The molecular weight excluding hydrogens is 1020 g/mol. The maximum atomic E-state index is 13.1. The molecule has 1 fully saturated rings. The summed E-state index contributed by atoms with van der Waals surface area (Å²) in [5.74, 6) is -0.184. The molecule has 7 unspecified atom stereocenters. The Morgan fingerprint density at radius 2 is 0.768 bits per heavy atom. The average molecular weight is 1150 g/mol. The number of rotatable bonds is 61. The first-order valence-corrected chi connectivity index (χ1v) is 35.2. The predicted octanol–water partition coefficient (Wildman–Crippen LogP) is 19.1. The van der Waals surface area contributed by atoms with E-state index in [9.17, 15) is 30.3 Å². The quantitative estimate of drug-likeness (QED) is 0.0261. The molecule has 0 saturated carbocycles. The lowest BCUT2D eigenvalue weighted by Gasteiger charge is -2.40. The Morgan fingerprint density at radius 3 is 1.17 bits per heavy atom. The van der Waals surface area contributed by atoms with E-state index in [1.807, 2.05) is 6.08 Å². The maximum Gasteiger partial charge on any atom is 0.220 e. The van der Waals surface area contributed by atoms with Crippen molar-refractivity contribution in [1.82, 2.24) is 5.32 Å². The molecule has 0 spiro atoms. The zero-order valence-electron chi connectivity index (χ0n) is 53.5. The fourth-order valence-electron chi connectivity index (χ4n) is 11.1. The molecule has 0 aliphatic carbocycles. The van der Waals surface area contributed by atoms with E-state index in [1.165, 1.54) is 244 Å². The number of carbonyl (C=O) groups excluding carboxylic acids is 1. The number of aliphatic hydroxyl groups is 5. The van der Waals surface area contributed by atoms with E-state index in [0.29, 0.717) is 6.42 Å². The molecule has 0 aromatic carbocycles. The van der Waals surface area contributed by atoms with Crippen LogP contribution in [0.15, 0.2) is 72.9 Å². The SMILES string of the molecule is CC/C=C\C/C=C\C/C=C\C/C=C\CCCCCCCCCCCCCCCCCCC(=O)NC(COC1OC(CO)C(O)C(O)C1O)C(O)/C=C/CC/C=C/CCCCCCCCCCCCCCCCCCCCCCCCCC. The zero-order chi connectivity index (χ0) is 59.3. The summed E-state index contributed by atoms with van der Waals surface area (Å²) in [4.78, 5) is 13.1. The molecule has 9 heteroatoms. The van der Waals surface area contributed by atoms with Crippen molar-refractivity contribution in [3.05, 3.63) is 72.9 Å². The van der Waals surface area contributed by atoms with E-state index in [0.717, 1.165) is 64.2 Å². The van der Waals surface area contributed by atoms with Crippen LogP contribution in [-0.2, 0) is 14.3 Å². The van der Waals surface area contributed by atoms with Crippen LogP contribution in [0.1, 0.15) is 328 Å². The van der Waals surface area contributed by atoms with E-state index in [4.69, 9.17) is 9.47 Å². The van der Waals surface area contributed by atoms with Crippen molar-refractivity contribution < 1.29 is 39.8 Å². The average Bonchev–Trinajstić information content (AvgIpc) is 3.57. The lowest BCUT2D eigenvalue weighted by atomic mass is 9.99. The van der Waals surface area contributed by atoms with Crippen LogP contribution in [0.3, 0.4) is 0 Å². The Balaban J connectivity index is 2.15. The molecule has 1 aliphatic rings. The summed E-state index contributed by atoms with van der Waals surface area (Å²) < 4.78 is 11.3. The summed E-state index contributed by atoms with van der Waals surface area (Å²) in [6.07, 6.45) is 80.1. The molecule has 478 valence electrons. The predicted molar refractivity (Wildman–Crippen MR) is 350 cm³/mol. The number of hydrogen-bond donors (Lipinski definition) is 6. The number of unbranched alkanes of at least 4 members (excludes halogenated alkanes) is 41. The van der Waals surface area contributed by atoms with Gasteiger partial charge in [0.25, 0.3) is 0 Å². The van der Waals surface area contributed by atoms with Crippen molar-refractivity contribution in [2.75, 3.05) is 13.2 Å². The van der Waals surface area contributed by atoms with Gasteiger partial charge in [0.1, 0.15) is 24.4 Å². The van der Waals surface area contributed by atoms with Gasteiger partial charge < -0.3 is 40.3 Å². The van der Waals surface area contributed by atoms with E-state index in [-0.39, 0.29) is 12.5 Å². The summed E-state index contributed by atoms with van der Waals surface area (Å²) in [5.41, 5.74) is 0. The minimum Gasteiger partial charge on any atom is -0.394 e. The number of carbonyl (C=O) groups is 1. The molecule has 0 aromatic rings. The highest BCUT2D eigenvalue weighted by molar-refractivity contribution is 5.76. The van der Waals surface area contributed by atoms with Crippen LogP contribution in [0.4, 0.5) is 0 Å². The van der Waals surface area contributed by atoms with Gasteiger partial charge in [-0.05, 0) is 70.6 Å². The molecule has 82 heavy (non-hydrogen) atoms. The molecule has 9 nitrogen and oxygen atoms in total. The smallest absolute Gasteiger partial charge is 0.220 e. The van der Waals surface area contributed by atoms with Gasteiger partial charge in [-0.2, -0.15) is 0 Å². The number of allylic oxidation sites excluding steroid dienone is 11. The molecule has 1 aliphatic heterocycles. The summed E-state index contributed by atoms with van der Waals surface area (Å²) in [5, 5.41) is 54.8. The van der Waals surface area contributed by atoms with Crippen LogP contribution in [0.2, 0.25) is 0 Å². The second kappa shape index (κ2) is 61.7. The third-order valence-electron chi connectivity index (χ3n) is 16.5. The van der Waals surface area contributed by atoms with Crippen LogP contribution in [0, 0.1) is 0 Å². The molecule has 0 aromatic heterocycles. The summed E-state index contributed by atoms with van der Waals surface area (Å²) in [6.45, 7) is 3.69. The van der Waals surface area contributed by atoms with Crippen LogP contribution in [-0.4, -0.2) is 87.5 Å². The fraction of sp³-hybridized carbons (Fsp3) is 0.822. The minimum absolute atomic E-state index is 0.184. The van der Waals surface area contributed by atoms with E-state index in [1.54, 1.807) is 6.08 Å². The summed E-state index contributed by atoms with van der Waals surface area (Å²) >= 11 is 0. The number of amides is 1. The highest BCUT2D eigenvalue weighted by Gasteiger charge is 2.44. The molecule has 0 bridgehead atoms. The van der Waals surface area contributed by atoms with Crippen molar-refractivity contribution in [3.8, 4) is 0 Å². The maximum absolute atomic E-state index is 13.1. The van der Waals surface area contributed by atoms with Gasteiger partial charge in [0.15, 0.2) is 6.29 Å². The van der Waals surface area contributed by atoms with Crippen LogP contribution < -0.4 is 5.32 Å². The first kappa shape index (κ1) is 77.6. The highest BCUT2D eigenvalue weighted by Crippen LogP contribution is 2.23. The Morgan fingerprint density at radius 1 is 0.427 bits per heavy atom. The second-order valence-corrected chi connectivity index (χ2v) is 24.3. The van der Waals surface area contributed by atoms with E-state index < -0.39 is 49.5 Å². The molecular formula is C73H133NO8. The van der Waals surface area contributed by atoms with Gasteiger partial charge in [0.05, 0.1) is 25.4 Å². The van der Waals surface area contributed by atoms with Gasteiger partial charge in [-0.15, -0.1) is 0 Å². The lowest BCUT2D eigenvalue weighted by Crippen LogP contribution is -2.60. The summed E-state index contributed by atoms with van der Waals surface area (Å²) in [6, 6.07) is -0.826. The third-order valence-corrected chi connectivity index (χ3v) is 16.5. The van der Waals surface area contributed by atoms with Gasteiger partial charge in [0, 0.05) is 6.42 Å². The zero-order valence-corrected chi connectivity index (χ0v) is 53.5. The molecule has 1 heterocycles. The van der Waals surface area contributed by atoms with Crippen LogP contribution >= 0.6 is 0 Å². The van der Waals surface area contributed by atoms with Crippen molar-refractivity contribution in [2.24, 2.45) is 0 Å². The van der Waals surface area contributed by atoms with Gasteiger partial charge in [-0.3, -0.25) is 4.79 Å². The normalized spacial score (nSPS) is 18.7. The standard InChI is InChI=1S/C73H133NO8/c1-3-5-7-9-11-13-15-17-19-21-23-25-27-29-31-33-35-36-38-40-42-44-46-48-50-52-54-56-58-60-62-67(76)66(65-81-73-72(80)71(79)70(78)68(64-75)82-73)74-69(77)63-61-59-57-55-53-51-49-47-45-43-41-39-37-34-32-30-28-26-24-22-20-18-16-14-12-10-8-6-4-2/h6,8,12,14,18,20,24,26,52,54,60,62,66-68,70-73,75-76,78-80H,3-5,7,9-11,13,15-17,19,21-23,25,27-51,53,55-59,61,63-65H2,1-2H3,(H,74,77)/b8-6-,14-12-,20-18-,26-24-,54-52+,62-60+. The Kier molecular flexibility index (Phi) is 58.4. The van der Waals surface area contributed by atoms with Gasteiger partial charge in [-0.25, -0.2) is 0 Å². The van der Waals surface area contributed by atoms with Gasteiger partial charge in [0.2, 0.25) is 5.91 Å². The topological polar surface area (TPSA) is 149 Å².